The fourth-order valence-electron chi connectivity index (χ4n) is 2.22. The van der Waals surface area contributed by atoms with E-state index in [2.05, 4.69) is 5.32 Å². The Kier molecular flexibility index (Phi) is 6.58. The van der Waals surface area contributed by atoms with Crippen molar-refractivity contribution in [2.45, 2.75) is 27.7 Å². The van der Waals surface area contributed by atoms with Gasteiger partial charge in [0.25, 0.3) is 0 Å². The third-order valence-corrected chi connectivity index (χ3v) is 4.40. The van der Waals surface area contributed by atoms with Crippen molar-refractivity contribution >= 4 is 28.2 Å². The van der Waals surface area contributed by atoms with Gasteiger partial charge in [-0.3, -0.25) is 4.79 Å². The molecule has 1 N–H and O–H groups in total. The van der Waals surface area contributed by atoms with Gasteiger partial charge in [-0.2, -0.15) is 0 Å². The summed E-state index contributed by atoms with van der Waals surface area (Å²) < 4.78 is 10.6. The van der Waals surface area contributed by atoms with Crippen LogP contribution in [0.1, 0.15) is 38.1 Å². The molecule has 0 fully saturated rings. The second kappa shape index (κ2) is 8.67. The van der Waals surface area contributed by atoms with Gasteiger partial charge in [-0.1, -0.05) is 26.0 Å². The van der Waals surface area contributed by atoms with Crippen molar-refractivity contribution in [1.82, 2.24) is 0 Å². The minimum atomic E-state index is -0.438. The molecule has 2 aromatic rings. The van der Waals surface area contributed by atoms with Crippen LogP contribution >= 0.6 is 11.3 Å². The highest BCUT2D eigenvalue weighted by molar-refractivity contribution is 7.15. The van der Waals surface area contributed by atoms with Crippen LogP contribution < -0.4 is 10.1 Å². The SMILES string of the molecule is CCOC(=O)c1c(-c2ccc(OCC)cc2)csc1NC(=O)C(C)C. The molecule has 0 aliphatic carbocycles. The second-order valence-electron chi connectivity index (χ2n) is 5.68. The van der Waals surface area contributed by atoms with E-state index in [1.165, 1.54) is 11.3 Å². The summed E-state index contributed by atoms with van der Waals surface area (Å²) in [5.74, 6) is 0.0240. The first-order chi connectivity index (χ1) is 12.0. The highest BCUT2D eigenvalue weighted by Crippen LogP contribution is 2.37. The number of hydrogen-bond acceptors (Lipinski definition) is 5. The number of ether oxygens (including phenoxy) is 2. The summed E-state index contributed by atoms with van der Waals surface area (Å²) in [6, 6.07) is 7.50. The lowest BCUT2D eigenvalue weighted by atomic mass is 10.0. The van der Waals surface area contributed by atoms with E-state index in [4.69, 9.17) is 9.47 Å². The molecule has 1 amide bonds. The minimum absolute atomic E-state index is 0.134. The van der Waals surface area contributed by atoms with E-state index in [0.717, 1.165) is 16.9 Å². The van der Waals surface area contributed by atoms with Gasteiger partial charge in [0.15, 0.2) is 0 Å². The average molecular weight is 361 g/mol. The van der Waals surface area contributed by atoms with Crippen LogP contribution in [0.5, 0.6) is 5.75 Å². The Balaban J connectivity index is 2.41. The van der Waals surface area contributed by atoms with Gasteiger partial charge in [-0.25, -0.2) is 4.79 Å². The third kappa shape index (κ3) is 4.60. The lowest BCUT2D eigenvalue weighted by Gasteiger charge is -2.10. The molecule has 134 valence electrons. The van der Waals surface area contributed by atoms with Gasteiger partial charge in [0.1, 0.15) is 16.3 Å². The molecule has 1 aromatic heterocycles. The molecular formula is C19H23NO4S. The predicted octanol–water partition coefficient (Wildman–Crippen LogP) is 4.59. The summed E-state index contributed by atoms with van der Waals surface area (Å²) in [7, 11) is 0. The molecule has 25 heavy (non-hydrogen) atoms. The first-order valence-corrected chi connectivity index (χ1v) is 9.18. The smallest absolute Gasteiger partial charge is 0.341 e. The van der Waals surface area contributed by atoms with Gasteiger partial charge < -0.3 is 14.8 Å². The molecule has 0 bridgehead atoms. The number of esters is 1. The molecule has 0 unspecified atom stereocenters. The molecule has 0 aliphatic rings. The largest absolute Gasteiger partial charge is 0.494 e. The molecule has 0 aliphatic heterocycles. The zero-order chi connectivity index (χ0) is 18.4. The Morgan fingerprint density at radius 2 is 1.80 bits per heavy atom. The van der Waals surface area contributed by atoms with Crippen LogP contribution in [-0.4, -0.2) is 25.1 Å². The van der Waals surface area contributed by atoms with Crippen LogP contribution in [0.3, 0.4) is 0 Å². The lowest BCUT2D eigenvalue weighted by molar-refractivity contribution is -0.118. The standard InChI is InChI=1S/C19H23NO4S/c1-5-23-14-9-7-13(8-10-14)15-11-25-18(20-17(21)12(3)4)16(15)19(22)24-6-2/h7-12H,5-6H2,1-4H3,(H,20,21). The maximum absolute atomic E-state index is 12.5. The zero-order valence-corrected chi connectivity index (χ0v) is 15.7. The Morgan fingerprint density at radius 3 is 2.36 bits per heavy atom. The van der Waals surface area contributed by atoms with E-state index in [1.54, 1.807) is 20.8 Å². The molecule has 0 atom stereocenters. The minimum Gasteiger partial charge on any atom is -0.494 e. The first-order valence-electron chi connectivity index (χ1n) is 8.30. The normalized spacial score (nSPS) is 10.6. The number of benzene rings is 1. The average Bonchev–Trinajstić information content (AvgIpc) is 2.99. The number of carbonyl (C=O) groups is 2. The van der Waals surface area contributed by atoms with Gasteiger partial charge in [0.2, 0.25) is 5.91 Å². The second-order valence-corrected chi connectivity index (χ2v) is 6.55. The number of hydrogen-bond donors (Lipinski definition) is 1. The molecule has 0 radical (unpaired) electrons. The van der Waals surface area contributed by atoms with Gasteiger partial charge in [0, 0.05) is 16.9 Å². The summed E-state index contributed by atoms with van der Waals surface area (Å²) in [6.45, 7) is 8.16. The van der Waals surface area contributed by atoms with Crippen LogP contribution in [0.4, 0.5) is 5.00 Å². The maximum Gasteiger partial charge on any atom is 0.341 e. The maximum atomic E-state index is 12.5. The van der Waals surface area contributed by atoms with Crippen molar-refractivity contribution in [3.8, 4) is 16.9 Å². The van der Waals surface area contributed by atoms with E-state index in [9.17, 15) is 9.59 Å². The van der Waals surface area contributed by atoms with Crippen molar-refractivity contribution in [1.29, 1.82) is 0 Å². The Bertz CT molecular complexity index is 734. The van der Waals surface area contributed by atoms with Crippen molar-refractivity contribution in [2.24, 2.45) is 5.92 Å². The molecule has 0 saturated heterocycles. The highest BCUT2D eigenvalue weighted by atomic mass is 32.1. The van der Waals surface area contributed by atoms with Crippen LogP contribution in [0, 0.1) is 5.92 Å². The van der Waals surface area contributed by atoms with Gasteiger partial charge in [0.05, 0.1) is 13.2 Å². The Morgan fingerprint density at radius 1 is 1.12 bits per heavy atom. The third-order valence-electron chi connectivity index (χ3n) is 3.51. The van der Waals surface area contributed by atoms with Crippen molar-refractivity contribution in [3.05, 3.63) is 35.2 Å². The van der Waals surface area contributed by atoms with Gasteiger partial charge in [-0.15, -0.1) is 11.3 Å². The summed E-state index contributed by atoms with van der Waals surface area (Å²) in [6.07, 6.45) is 0. The fraction of sp³-hybridized carbons (Fsp3) is 0.368. The summed E-state index contributed by atoms with van der Waals surface area (Å²) in [5, 5.41) is 5.20. The van der Waals surface area contributed by atoms with Crippen LogP contribution in [0.15, 0.2) is 29.6 Å². The van der Waals surface area contributed by atoms with Crippen LogP contribution in [0.25, 0.3) is 11.1 Å². The molecule has 5 nitrogen and oxygen atoms in total. The molecule has 1 aromatic carbocycles. The quantitative estimate of drug-likeness (QED) is 0.733. The zero-order valence-electron chi connectivity index (χ0n) is 14.9. The number of nitrogens with one attached hydrogen (secondary N) is 1. The van der Waals surface area contributed by atoms with Gasteiger partial charge >= 0.3 is 5.97 Å². The summed E-state index contributed by atoms with van der Waals surface area (Å²) >= 11 is 1.32. The molecule has 0 saturated carbocycles. The number of anilines is 1. The molecule has 0 spiro atoms. The molecule has 1 heterocycles. The van der Waals surface area contributed by atoms with Gasteiger partial charge in [-0.05, 0) is 31.5 Å². The molecular weight excluding hydrogens is 338 g/mol. The van der Waals surface area contributed by atoms with Crippen LogP contribution in [-0.2, 0) is 9.53 Å². The van der Waals surface area contributed by atoms with Crippen LogP contribution in [0.2, 0.25) is 0 Å². The van der Waals surface area contributed by atoms with Crippen molar-refractivity contribution < 1.29 is 19.1 Å². The van der Waals surface area contributed by atoms with Crippen molar-refractivity contribution in [2.75, 3.05) is 18.5 Å². The number of rotatable bonds is 7. The summed E-state index contributed by atoms with van der Waals surface area (Å²) in [5.41, 5.74) is 2.00. The lowest BCUT2D eigenvalue weighted by Crippen LogP contribution is -2.19. The first kappa shape index (κ1) is 19.0. The Labute approximate surface area is 152 Å². The van der Waals surface area contributed by atoms with Crippen molar-refractivity contribution in [3.63, 3.8) is 0 Å². The van der Waals surface area contributed by atoms with E-state index in [0.29, 0.717) is 17.2 Å². The van der Waals surface area contributed by atoms with E-state index in [-0.39, 0.29) is 18.4 Å². The highest BCUT2D eigenvalue weighted by Gasteiger charge is 2.23. The number of carbonyl (C=O) groups excluding carboxylic acids is 2. The molecule has 2 rings (SSSR count). The number of thiophene rings is 1. The predicted molar refractivity (Wildman–Crippen MR) is 100 cm³/mol. The Hall–Kier alpha value is -2.34. The summed E-state index contributed by atoms with van der Waals surface area (Å²) in [4.78, 5) is 24.5. The van der Waals surface area contributed by atoms with E-state index in [1.807, 2.05) is 36.6 Å². The van der Waals surface area contributed by atoms with E-state index >= 15 is 0 Å². The number of amides is 1. The molecule has 6 heteroatoms. The topological polar surface area (TPSA) is 64.6 Å². The van der Waals surface area contributed by atoms with E-state index < -0.39 is 5.97 Å². The fourth-order valence-corrected chi connectivity index (χ4v) is 3.18. The monoisotopic (exact) mass is 361 g/mol.